The van der Waals surface area contributed by atoms with Gasteiger partial charge in [0.25, 0.3) is 0 Å². The van der Waals surface area contributed by atoms with Crippen LogP contribution in [0.15, 0.2) is 4.99 Å². The Bertz CT molecular complexity index is 157. The molecule has 0 aromatic rings. The van der Waals surface area contributed by atoms with E-state index in [0.29, 0.717) is 7.15 Å². The Morgan fingerprint density at radius 2 is 2.40 bits per heavy atom. The van der Waals surface area contributed by atoms with Gasteiger partial charge in [-0.05, 0) is 0 Å². The molecule has 0 bridgehead atoms. The molecule has 5 heteroatoms. The van der Waals surface area contributed by atoms with Crippen LogP contribution in [0.1, 0.15) is 6.92 Å². The van der Waals surface area contributed by atoms with E-state index in [1.165, 1.54) is 7.11 Å². The van der Waals surface area contributed by atoms with E-state index in [2.05, 4.69) is 9.73 Å². The first-order chi connectivity index (χ1) is 4.72. The first-order valence-electron chi connectivity index (χ1n) is 2.77. The van der Waals surface area contributed by atoms with Gasteiger partial charge in [0.05, 0.1) is 0 Å². The van der Waals surface area contributed by atoms with Crippen LogP contribution in [-0.4, -0.2) is 32.4 Å². The molecule has 0 N–H and O–H groups in total. The molecule has 0 amide bonds. The summed E-state index contributed by atoms with van der Waals surface area (Å²) in [6.07, 6.45) is 1.03. The third-order valence-corrected chi connectivity index (χ3v) is 0.913. The normalized spacial score (nSPS) is 12.6. The van der Waals surface area contributed by atoms with Crippen LogP contribution < -0.4 is 0 Å². The van der Waals surface area contributed by atoms with Gasteiger partial charge in [-0.2, -0.15) is 0 Å². The number of hydrogen-bond acceptors (Lipinski definition) is 4. The number of aliphatic imine (C=N–C) groups is 1. The number of hydrogen-bond donors (Lipinski definition) is 0. The predicted molar refractivity (Wildman–Crippen MR) is 36.4 cm³/mol. The Balaban J connectivity index is 3.83. The fraction of sp³-hybridized carbons (Fsp3) is 0.600. The summed E-state index contributed by atoms with van der Waals surface area (Å²) in [6.45, 7) is 1.55. The molecule has 0 aromatic carbocycles. The van der Waals surface area contributed by atoms with E-state index in [9.17, 15) is 9.50 Å². The van der Waals surface area contributed by atoms with Crippen LogP contribution >= 0.6 is 0 Å². The molecule has 10 heavy (non-hydrogen) atoms. The van der Waals surface area contributed by atoms with Crippen molar-refractivity contribution in [2.45, 2.75) is 13.0 Å². The fourth-order valence-electron chi connectivity index (χ4n) is 0.396. The molecule has 0 spiro atoms. The SMILES string of the molecule is COC(=O)C(C)N=CB=O. The molecule has 0 fully saturated rings. The van der Waals surface area contributed by atoms with E-state index in [1.54, 1.807) is 6.92 Å². The van der Waals surface area contributed by atoms with E-state index >= 15 is 0 Å². The number of nitrogens with zero attached hydrogens (tertiary/aromatic N) is 1. The Kier molecular flexibility index (Phi) is 4.36. The Morgan fingerprint density at radius 3 is 2.80 bits per heavy atom. The van der Waals surface area contributed by atoms with Crippen molar-refractivity contribution in [2.24, 2.45) is 4.99 Å². The van der Waals surface area contributed by atoms with Crippen LogP contribution in [0.2, 0.25) is 0 Å². The molecule has 1 unspecified atom stereocenters. The summed E-state index contributed by atoms with van der Waals surface area (Å²) in [4.78, 5) is 14.1. The zero-order valence-electron chi connectivity index (χ0n) is 5.90. The van der Waals surface area contributed by atoms with Crippen molar-refractivity contribution >= 4 is 19.2 Å². The molecule has 0 aliphatic heterocycles. The Labute approximate surface area is 59.5 Å². The Morgan fingerprint density at radius 1 is 1.80 bits per heavy atom. The van der Waals surface area contributed by atoms with Crippen molar-refractivity contribution < 1.29 is 14.2 Å². The molecule has 0 saturated heterocycles. The van der Waals surface area contributed by atoms with Crippen LogP contribution in [0.3, 0.4) is 0 Å². The Hall–Kier alpha value is -0.995. The second-order valence-corrected chi connectivity index (χ2v) is 1.63. The van der Waals surface area contributed by atoms with Crippen molar-refractivity contribution in [3.8, 4) is 0 Å². The molecule has 1 atom stereocenters. The number of carbonyl (C=O) groups excluding carboxylic acids is 1. The van der Waals surface area contributed by atoms with Gasteiger partial charge < -0.3 is 0 Å². The molecular weight excluding hydrogens is 133 g/mol. The molecular formula is C5H8BNO3. The molecule has 4 nitrogen and oxygen atoms in total. The predicted octanol–water partition coefficient (Wildman–Crippen LogP) is -0.374. The molecule has 0 aliphatic carbocycles. The van der Waals surface area contributed by atoms with Gasteiger partial charge in [-0.3, -0.25) is 0 Å². The molecule has 0 rings (SSSR count). The average molecular weight is 141 g/mol. The molecule has 0 heterocycles. The molecule has 0 aliphatic rings. The van der Waals surface area contributed by atoms with Crippen LogP contribution in [0.4, 0.5) is 0 Å². The first-order valence-corrected chi connectivity index (χ1v) is 2.77. The van der Waals surface area contributed by atoms with Crippen LogP contribution in [0.25, 0.3) is 0 Å². The molecule has 0 aromatic heterocycles. The van der Waals surface area contributed by atoms with E-state index in [-0.39, 0.29) is 0 Å². The van der Waals surface area contributed by atoms with Gasteiger partial charge in [-0.15, -0.1) is 0 Å². The van der Waals surface area contributed by atoms with E-state index in [1.807, 2.05) is 0 Å². The van der Waals surface area contributed by atoms with Gasteiger partial charge in [-0.25, -0.2) is 0 Å². The van der Waals surface area contributed by atoms with Crippen molar-refractivity contribution in [3.63, 3.8) is 0 Å². The number of ether oxygens (including phenoxy) is 1. The van der Waals surface area contributed by atoms with Gasteiger partial charge in [0.15, 0.2) is 0 Å². The van der Waals surface area contributed by atoms with Crippen molar-refractivity contribution in [1.82, 2.24) is 0 Å². The second kappa shape index (κ2) is 4.84. The summed E-state index contributed by atoms with van der Waals surface area (Å²) < 4.78 is 14.1. The monoisotopic (exact) mass is 141 g/mol. The van der Waals surface area contributed by atoms with Gasteiger partial charge >= 0.3 is 58.5 Å². The number of carbonyl (C=O) groups is 1. The zero-order chi connectivity index (χ0) is 7.98. The van der Waals surface area contributed by atoms with Gasteiger partial charge in [0, 0.05) is 0 Å². The van der Waals surface area contributed by atoms with Gasteiger partial charge in [0.1, 0.15) is 0 Å². The minimum atomic E-state index is -0.588. The van der Waals surface area contributed by atoms with Crippen LogP contribution in [0, 0.1) is 0 Å². The quantitative estimate of drug-likeness (QED) is 0.306. The topological polar surface area (TPSA) is 55.7 Å². The first kappa shape index (κ1) is 9.00. The van der Waals surface area contributed by atoms with Crippen LogP contribution in [0.5, 0.6) is 0 Å². The van der Waals surface area contributed by atoms with Crippen molar-refractivity contribution in [1.29, 1.82) is 0 Å². The molecule has 54 valence electrons. The van der Waals surface area contributed by atoms with Crippen molar-refractivity contribution in [2.75, 3.05) is 7.11 Å². The van der Waals surface area contributed by atoms with Gasteiger partial charge in [-0.1, -0.05) is 0 Å². The average Bonchev–Trinajstić information content (AvgIpc) is 1.98. The second-order valence-electron chi connectivity index (χ2n) is 1.63. The van der Waals surface area contributed by atoms with E-state index < -0.39 is 12.0 Å². The van der Waals surface area contributed by atoms with Crippen molar-refractivity contribution in [3.05, 3.63) is 0 Å². The maximum atomic E-state index is 10.6. The third-order valence-electron chi connectivity index (χ3n) is 0.913. The third kappa shape index (κ3) is 3.12. The maximum absolute atomic E-state index is 10.6. The summed E-state index contributed by atoms with van der Waals surface area (Å²) >= 11 is 0. The summed E-state index contributed by atoms with van der Waals surface area (Å²) in [5.41, 5.74) is 0. The zero-order valence-corrected chi connectivity index (χ0v) is 5.90. The summed E-state index contributed by atoms with van der Waals surface area (Å²) in [6, 6.07) is -0.588. The van der Waals surface area contributed by atoms with Gasteiger partial charge in [0.2, 0.25) is 0 Å². The summed E-state index contributed by atoms with van der Waals surface area (Å²) in [7, 11) is 1.79. The molecule has 0 radical (unpaired) electrons. The number of rotatable bonds is 3. The van der Waals surface area contributed by atoms with E-state index in [0.717, 1.165) is 6.11 Å². The fourth-order valence-corrected chi connectivity index (χ4v) is 0.396. The minimum absolute atomic E-state index is 0.446. The number of esters is 1. The van der Waals surface area contributed by atoms with E-state index in [4.69, 9.17) is 0 Å². The summed E-state index contributed by atoms with van der Waals surface area (Å²) in [5.74, 6) is -0.446. The van der Waals surface area contributed by atoms with Crippen LogP contribution in [-0.2, 0) is 14.2 Å². The number of methoxy groups -OCH3 is 1. The molecule has 0 saturated carbocycles. The summed E-state index contributed by atoms with van der Waals surface area (Å²) in [5, 5.41) is 0. The standard InChI is InChI=1S/C5H8BNO3/c1-4(5(8)10-2)7-3-6-9/h3-4H,1-2H3.